The lowest BCUT2D eigenvalue weighted by Gasteiger charge is -2.25. The molecule has 5 N–H and O–H groups in total. The molecule has 26 heavy (non-hydrogen) atoms. The van der Waals surface area contributed by atoms with Crippen molar-refractivity contribution in [2.75, 3.05) is 32.5 Å². The molecule has 1 aromatic rings. The van der Waals surface area contributed by atoms with Gasteiger partial charge in [0.25, 0.3) is 5.91 Å². The van der Waals surface area contributed by atoms with Crippen molar-refractivity contribution in [3.05, 3.63) is 23.8 Å². The summed E-state index contributed by atoms with van der Waals surface area (Å²) < 4.78 is 5.75. The van der Waals surface area contributed by atoms with E-state index in [0.29, 0.717) is 42.5 Å². The molecule has 1 heterocycles. The number of carbonyl (C=O) groups excluding carboxylic acids is 2. The molecular formula is C18H24N4O4. The zero-order valence-corrected chi connectivity index (χ0v) is 14.7. The van der Waals surface area contributed by atoms with E-state index < -0.39 is 24.0 Å². The first-order valence-electron chi connectivity index (χ1n) is 8.70. The molecule has 1 saturated carbocycles. The third-order valence-corrected chi connectivity index (χ3v) is 4.80. The van der Waals surface area contributed by atoms with Gasteiger partial charge >= 0.3 is 0 Å². The van der Waals surface area contributed by atoms with Gasteiger partial charge in [-0.3, -0.25) is 14.6 Å². The summed E-state index contributed by atoms with van der Waals surface area (Å²) in [6.07, 6.45) is 2.67. The topological polar surface area (TPSA) is 126 Å². The number of carbonyl (C=O) groups is 2. The maximum atomic E-state index is 12.8. The zero-order chi connectivity index (χ0) is 18.7. The third kappa shape index (κ3) is 3.65. The molecule has 8 nitrogen and oxygen atoms in total. The van der Waals surface area contributed by atoms with Crippen LogP contribution in [-0.4, -0.2) is 55.0 Å². The molecule has 1 aliphatic heterocycles. The van der Waals surface area contributed by atoms with Crippen LogP contribution in [0.2, 0.25) is 0 Å². The number of aliphatic hydroxyl groups excluding tert-OH is 1. The summed E-state index contributed by atoms with van der Waals surface area (Å²) in [6.45, 7) is 0.550. The number of aliphatic imine (C=N–C) groups is 1. The molecule has 2 fully saturated rings. The van der Waals surface area contributed by atoms with Gasteiger partial charge in [0, 0.05) is 24.8 Å². The van der Waals surface area contributed by atoms with Crippen LogP contribution >= 0.6 is 0 Å². The highest BCUT2D eigenvalue weighted by Gasteiger charge is 2.44. The van der Waals surface area contributed by atoms with Crippen LogP contribution in [0.25, 0.3) is 0 Å². The molecule has 0 bridgehead atoms. The Kier molecular flexibility index (Phi) is 5.13. The predicted molar refractivity (Wildman–Crippen MR) is 97.1 cm³/mol. The Balaban J connectivity index is 1.80. The normalized spacial score (nSPS) is 22.8. The first kappa shape index (κ1) is 18.2. The summed E-state index contributed by atoms with van der Waals surface area (Å²) in [7, 11) is 1.48. The van der Waals surface area contributed by atoms with E-state index in [1.54, 1.807) is 18.2 Å². The van der Waals surface area contributed by atoms with Gasteiger partial charge in [0.2, 0.25) is 5.91 Å². The quantitative estimate of drug-likeness (QED) is 0.397. The average Bonchev–Trinajstić information content (AvgIpc) is 3.39. The van der Waals surface area contributed by atoms with E-state index in [2.05, 4.69) is 15.6 Å². The SMILES string of the molecule is CN=C(C(=O)NC1(CO)CCNC1=O)c1cc(OCC2CC2)ccc1N. The minimum absolute atomic E-state index is 0.0897. The number of nitrogens with one attached hydrogen (secondary N) is 2. The van der Waals surface area contributed by atoms with Gasteiger partial charge in [-0.1, -0.05) is 0 Å². The van der Waals surface area contributed by atoms with Crippen molar-refractivity contribution < 1.29 is 19.4 Å². The summed E-state index contributed by atoms with van der Waals surface area (Å²) in [5, 5.41) is 14.9. The fourth-order valence-corrected chi connectivity index (χ4v) is 2.93. The second kappa shape index (κ2) is 7.33. The van der Waals surface area contributed by atoms with Crippen molar-refractivity contribution >= 4 is 23.2 Å². The number of amides is 2. The molecule has 0 radical (unpaired) electrons. The highest BCUT2D eigenvalue weighted by atomic mass is 16.5. The molecule has 1 atom stereocenters. The van der Waals surface area contributed by atoms with Crippen LogP contribution in [0.3, 0.4) is 0 Å². The van der Waals surface area contributed by atoms with E-state index in [1.165, 1.54) is 19.9 Å². The van der Waals surface area contributed by atoms with Crippen molar-refractivity contribution in [1.29, 1.82) is 0 Å². The number of benzene rings is 1. The van der Waals surface area contributed by atoms with Crippen LogP contribution in [0, 0.1) is 5.92 Å². The molecule has 0 aromatic heterocycles. The molecule has 8 heteroatoms. The number of rotatable bonds is 7. The van der Waals surface area contributed by atoms with Gasteiger partial charge in [-0.05, 0) is 43.4 Å². The van der Waals surface area contributed by atoms with Crippen molar-refractivity contribution in [3.63, 3.8) is 0 Å². The Morgan fingerprint density at radius 1 is 1.50 bits per heavy atom. The highest BCUT2D eigenvalue weighted by molar-refractivity contribution is 6.46. The molecule has 1 saturated heterocycles. The lowest BCUT2D eigenvalue weighted by molar-refractivity contribution is -0.130. The molecule has 0 spiro atoms. The van der Waals surface area contributed by atoms with Crippen molar-refractivity contribution in [3.8, 4) is 5.75 Å². The third-order valence-electron chi connectivity index (χ3n) is 4.80. The Labute approximate surface area is 151 Å². The van der Waals surface area contributed by atoms with Gasteiger partial charge in [0.05, 0.1) is 13.2 Å². The largest absolute Gasteiger partial charge is 0.493 e. The first-order valence-corrected chi connectivity index (χ1v) is 8.70. The first-order chi connectivity index (χ1) is 12.5. The van der Waals surface area contributed by atoms with Crippen LogP contribution in [0.1, 0.15) is 24.8 Å². The van der Waals surface area contributed by atoms with Gasteiger partial charge in [0.15, 0.2) is 0 Å². The second-order valence-electron chi connectivity index (χ2n) is 6.78. The Morgan fingerprint density at radius 3 is 2.85 bits per heavy atom. The monoisotopic (exact) mass is 360 g/mol. The molecule has 1 aliphatic carbocycles. The number of nitrogen functional groups attached to an aromatic ring is 1. The number of nitrogens with two attached hydrogens (primary N) is 1. The highest BCUT2D eigenvalue weighted by Crippen LogP contribution is 2.30. The molecule has 2 aliphatic rings. The van der Waals surface area contributed by atoms with E-state index in [4.69, 9.17) is 10.5 Å². The van der Waals surface area contributed by atoms with Gasteiger partial charge < -0.3 is 26.2 Å². The summed E-state index contributed by atoms with van der Waals surface area (Å²) in [5.74, 6) is 0.248. The van der Waals surface area contributed by atoms with Crippen LogP contribution in [0.4, 0.5) is 5.69 Å². The van der Waals surface area contributed by atoms with E-state index in [0.717, 1.165) is 0 Å². The summed E-state index contributed by atoms with van der Waals surface area (Å²) in [5.41, 5.74) is 5.60. The van der Waals surface area contributed by atoms with Gasteiger partial charge in [-0.2, -0.15) is 0 Å². The lowest BCUT2D eigenvalue weighted by Crippen LogP contribution is -2.57. The molecule has 2 amide bonds. The summed E-state index contributed by atoms with van der Waals surface area (Å²) in [4.78, 5) is 28.8. The van der Waals surface area contributed by atoms with E-state index >= 15 is 0 Å². The van der Waals surface area contributed by atoms with Crippen LogP contribution < -0.4 is 21.1 Å². The Morgan fingerprint density at radius 2 is 2.27 bits per heavy atom. The fraction of sp³-hybridized carbons (Fsp3) is 0.500. The Bertz CT molecular complexity index is 745. The maximum absolute atomic E-state index is 12.8. The second-order valence-corrected chi connectivity index (χ2v) is 6.78. The summed E-state index contributed by atoms with van der Waals surface area (Å²) in [6, 6.07) is 5.10. The maximum Gasteiger partial charge on any atom is 0.271 e. The van der Waals surface area contributed by atoms with E-state index in [9.17, 15) is 14.7 Å². The standard InChI is InChI=1S/C18H24N4O4/c1-20-15(16(24)22-18(10-23)6-7-21-17(18)25)13-8-12(4-5-14(13)19)26-9-11-2-3-11/h4-5,8,11,23H,2-3,6-7,9-10,19H2,1H3,(H,21,25)(H,22,24). The average molecular weight is 360 g/mol. The smallest absolute Gasteiger partial charge is 0.271 e. The van der Waals surface area contributed by atoms with E-state index in [-0.39, 0.29) is 5.71 Å². The van der Waals surface area contributed by atoms with Crippen molar-refractivity contribution in [2.24, 2.45) is 10.9 Å². The molecule has 1 aromatic carbocycles. The van der Waals surface area contributed by atoms with E-state index in [1.807, 2.05) is 0 Å². The van der Waals surface area contributed by atoms with Crippen molar-refractivity contribution in [2.45, 2.75) is 24.8 Å². The number of nitrogens with zero attached hydrogens (tertiary/aromatic N) is 1. The van der Waals surface area contributed by atoms with Crippen molar-refractivity contribution in [1.82, 2.24) is 10.6 Å². The predicted octanol–water partition coefficient (Wildman–Crippen LogP) is -0.156. The number of hydrogen-bond acceptors (Lipinski definition) is 6. The number of aliphatic hydroxyl groups is 1. The molecule has 140 valence electrons. The molecule has 1 unspecified atom stereocenters. The fourth-order valence-electron chi connectivity index (χ4n) is 2.93. The van der Waals surface area contributed by atoms with Crippen LogP contribution in [0.5, 0.6) is 5.75 Å². The van der Waals surface area contributed by atoms with Gasteiger partial charge in [-0.15, -0.1) is 0 Å². The molecule has 3 rings (SSSR count). The summed E-state index contributed by atoms with van der Waals surface area (Å²) >= 11 is 0. The molecular weight excluding hydrogens is 336 g/mol. The van der Waals surface area contributed by atoms with Crippen LogP contribution in [-0.2, 0) is 9.59 Å². The van der Waals surface area contributed by atoms with Gasteiger partial charge in [0.1, 0.15) is 17.0 Å². The lowest BCUT2D eigenvalue weighted by atomic mass is 9.97. The van der Waals surface area contributed by atoms with Gasteiger partial charge in [-0.25, -0.2) is 0 Å². The number of anilines is 1. The Hall–Kier alpha value is -2.61. The minimum Gasteiger partial charge on any atom is -0.493 e. The number of hydrogen-bond donors (Lipinski definition) is 4. The number of ether oxygens (including phenoxy) is 1. The van der Waals surface area contributed by atoms with Crippen LogP contribution in [0.15, 0.2) is 23.2 Å². The minimum atomic E-state index is -1.33. The zero-order valence-electron chi connectivity index (χ0n) is 14.7.